The average Bonchev–Trinajstić information content (AvgIpc) is 3.70. The van der Waals surface area contributed by atoms with Crippen LogP contribution in [0.5, 0.6) is 23.1 Å². The van der Waals surface area contributed by atoms with E-state index in [9.17, 15) is 32.8 Å². The number of aromatic nitrogens is 2. The Morgan fingerprint density at radius 3 is 2.51 bits per heavy atom. The van der Waals surface area contributed by atoms with Crippen LogP contribution < -0.4 is 29.1 Å². The van der Waals surface area contributed by atoms with Crippen LogP contribution in [0.2, 0.25) is 0 Å². The van der Waals surface area contributed by atoms with Gasteiger partial charge in [-0.3, -0.25) is 19.8 Å². The summed E-state index contributed by atoms with van der Waals surface area (Å²) in [6, 6.07) is 17.4. The molecule has 1 spiro atoms. The van der Waals surface area contributed by atoms with Crippen LogP contribution in [-0.2, 0) is 14.8 Å². The van der Waals surface area contributed by atoms with Gasteiger partial charge in [-0.25, -0.2) is 17.5 Å². The highest BCUT2D eigenvalue weighted by Crippen LogP contribution is 2.53. The van der Waals surface area contributed by atoms with E-state index in [1.165, 1.54) is 30.4 Å². The second kappa shape index (κ2) is 18.6. The number of pyridine rings is 1. The van der Waals surface area contributed by atoms with Gasteiger partial charge in [-0.05, 0) is 98.8 Å². The van der Waals surface area contributed by atoms with E-state index in [4.69, 9.17) is 18.9 Å². The van der Waals surface area contributed by atoms with Gasteiger partial charge in [-0.2, -0.15) is 4.98 Å². The molecule has 5 aliphatic rings. The SMILES string of the molecule is COc1nc2[nH]cc(F)c2cc1Oc1cc(N2CCC3(CC2)CC(N2CCOC[C@@H]2c2ccccc2C(C)C)C3)ccc1C(=O)NS(=O)(=O)c1cc2c(c([N+](=O)[O-])c1)N[C@@H]([C@H]1CC[C@](C)(O)CC1)CO2. The van der Waals surface area contributed by atoms with E-state index in [1.54, 1.807) is 19.1 Å². The average molecular weight is 982 g/mol. The molecule has 70 heavy (non-hydrogen) atoms. The standard InChI is InChI=1S/C51H60FN7O10S/c1-30(2)35-7-5-6-8-36(35)42-29-67-20-19-58(42)33-25-51(26-33)15-17-57(18-16-51)32-9-10-37(43(21-32)69-45-24-38-39(52)27-53-47(38)55-49(45)66-4)48(60)56-70(64,65)34-22-41(59(62)63)46-44(23-34)68-28-40(54-46)31-11-13-50(3,61)14-12-31/h5-10,21-24,27,30-31,33,40,42,54,61H,11-20,25-26,28-29H2,1-4H3,(H,53,55)(H,56,60)/t31-,40-,42-,50-/m1/s1. The molecule has 10 rings (SSSR count). The molecule has 2 aromatic heterocycles. The van der Waals surface area contributed by atoms with Crippen molar-refractivity contribution in [2.24, 2.45) is 11.3 Å². The summed E-state index contributed by atoms with van der Waals surface area (Å²) in [6.45, 7) is 10.1. The molecule has 0 unspecified atom stereocenters. The number of nitrogens with one attached hydrogen (secondary N) is 3. The number of halogens is 1. The van der Waals surface area contributed by atoms with Gasteiger partial charge < -0.3 is 39.3 Å². The molecular formula is C51H60FN7O10S. The Morgan fingerprint density at radius 1 is 1.03 bits per heavy atom. The Hall–Kier alpha value is -6.02. The highest BCUT2D eigenvalue weighted by Gasteiger charge is 2.50. The minimum Gasteiger partial charge on any atom is -0.489 e. The number of piperidine rings is 1. The number of sulfonamides is 1. The fourth-order valence-corrected chi connectivity index (χ4v) is 12.5. The molecule has 5 aromatic rings. The molecular weight excluding hydrogens is 922 g/mol. The number of morpholine rings is 1. The molecule has 4 fully saturated rings. The van der Waals surface area contributed by atoms with Crippen molar-refractivity contribution in [3.63, 3.8) is 0 Å². The van der Waals surface area contributed by atoms with Gasteiger partial charge in [0.15, 0.2) is 17.2 Å². The second-order valence-electron chi connectivity index (χ2n) is 20.4. The monoisotopic (exact) mass is 981 g/mol. The van der Waals surface area contributed by atoms with Gasteiger partial charge in [-0.1, -0.05) is 38.1 Å². The van der Waals surface area contributed by atoms with Gasteiger partial charge in [-0.15, -0.1) is 0 Å². The molecule has 17 nitrogen and oxygen atoms in total. The third-order valence-corrected chi connectivity index (χ3v) is 16.8. The topological polar surface area (TPSA) is 211 Å². The van der Waals surface area contributed by atoms with Crippen molar-refractivity contribution in [2.45, 2.75) is 107 Å². The van der Waals surface area contributed by atoms with E-state index in [1.807, 2.05) is 0 Å². The van der Waals surface area contributed by atoms with E-state index >= 15 is 0 Å². The summed E-state index contributed by atoms with van der Waals surface area (Å²) >= 11 is 0. The van der Waals surface area contributed by atoms with Crippen LogP contribution in [0.3, 0.4) is 0 Å². The minimum atomic E-state index is -4.76. The van der Waals surface area contributed by atoms with Gasteiger partial charge in [0.2, 0.25) is 0 Å². The number of fused-ring (bicyclic) bond motifs is 2. The number of aliphatic hydroxyl groups is 1. The van der Waals surface area contributed by atoms with Crippen molar-refractivity contribution < 1.29 is 46.6 Å². The lowest BCUT2D eigenvalue weighted by Gasteiger charge is -2.57. The van der Waals surface area contributed by atoms with E-state index in [0.29, 0.717) is 44.2 Å². The molecule has 0 radical (unpaired) electrons. The number of ether oxygens (including phenoxy) is 4. The van der Waals surface area contributed by atoms with Crippen molar-refractivity contribution in [1.29, 1.82) is 0 Å². The number of nitro benzene ring substituents is 1. The molecule has 5 heterocycles. The van der Waals surface area contributed by atoms with E-state index < -0.39 is 42.9 Å². The summed E-state index contributed by atoms with van der Waals surface area (Å²) in [5.74, 6) is -1.31. The molecule has 4 N–H and O–H groups in total. The lowest BCUT2D eigenvalue weighted by Crippen LogP contribution is -2.58. The number of hydrogen-bond acceptors (Lipinski definition) is 14. The first-order chi connectivity index (χ1) is 33.5. The number of anilines is 2. The maximum Gasteiger partial charge on any atom is 0.297 e. The van der Waals surface area contributed by atoms with Crippen molar-refractivity contribution in [3.8, 4) is 23.1 Å². The van der Waals surface area contributed by atoms with Crippen molar-refractivity contribution in [2.75, 3.05) is 56.8 Å². The van der Waals surface area contributed by atoms with Gasteiger partial charge in [0.1, 0.15) is 23.8 Å². The summed E-state index contributed by atoms with van der Waals surface area (Å²) in [5, 5.41) is 26.2. The zero-order chi connectivity index (χ0) is 49.1. The van der Waals surface area contributed by atoms with Crippen molar-refractivity contribution >= 4 is 44.0 Å². The molecule has 19 heteroatoms. The molecule has 372 valence electrons. The lowest BCUT2D eigenvalue weighted by molar-refractivity contribution is -0.384. The van der Waals surface area contributed by atoms with Crippen molar-refractivity contribution in [1.82, 2.24) is 19.6 Å². The number of carbonyl (C=O) groups excluding carboxylic acids is 1. The minimum absolute atomic E-state index is 0.0130. The zero-order valence-electron chi connectivity index (χ0n) is 39.8. The van der Waals surface area contributed by atoms with Crippen molar-refractivity contribution in [3.05, 3.63) is 99.5 Å². The Bertz CT molecular complexity index is 2920. The highest BCUT2D eigenvalue weighted by molar-refractivity contribution is 7.90. The first-order valence-corrected chi connectivity index (χ1v) is 25.7. The molecule has 0 bridgehead atoms. The predicted molar refractivity (Wildman–Crippen MR) is 260 cm³/mol. The highest BCUT2D eigenvalue weighted by atomic mass is 32.2. The van der Waals surface area contributed by atoms with Crippen LogP contribution in [0.1, 0.15) is 106 Å². The molecule has 2 atom stereocenters. The molecule has 2 saturated carbocycles. The Balaban J connectivity index is 0.884. The van der Waals surface area contributed by atoms with Gasteiger partial charge in [0, 0.05) is 61.8 Å². The van der Waals surface area contributed by atoms with Crippen LogP contribution in [-0.4, -0.2) is 103 Å². The predicted octanol–water partition coefficient (Wildman–Crippen LogP) is 8.59. The fraction of sp³-hybridized carbons (Fsp3) is 0.490. The van der Waals surface area contributed by atoms with Crippen LogP contribution in [0.25, 0.3) is 11.0 Å². The lowest BCUT2D eigenvalue weighted by atomic mass is 9.59. The number of benzene rings is 3. The van der Waals surface area contributed by atoms with Gasteiger partial charge >= 0.3 is 0 Å². The Morgan fingerprint density at radius 2 is 1.79 bits per heavy atom. The number of aromatic amines is 1. The number of carbonyl (C=O) groups is 1. The number of hydrogen-bond donors (Lipinski definition) is 4. The maximum atomic E-state index is 14.9. The first kappa shape index (κ1) is 47.6. The first-order valence-electron chi connectivity index (χ1n) is 24.2. The third kappa shape index (κ3) is 9.23. The van der Waals surface area contributed by atoms with Crippen LogP contribution in [0, 0.1) is 27.3 Å². The third-order valence-electron chi connectivity index (χ3n) is 15.5. The summed E-state index contributed by atoms with van der Waals surface area (Å²) < 4.78 is 68.9. The number of amides is 1. The number of methoxy groups -OCH3 is 1. The van der Waals surface area contributed by atoms with Crippen LogP contribution in [0.4, 0.5) is 21.5 Å². The molecule has 2 saturated heterocycles. The summed E-state index contributed by atoms with van der Waals surface area (Å²) in [7, 11) is -3.39. The Labute approximate surface area is 406 Å². The van der Waals surface area contributed by atoms with Gasteiger partial charge in [0.25, 0.3) is 27.5 Å². The Kier molecular flexibility index (Phi) is 12.7. The zero-order valence-corrected chi connectivity index (χ0v) is 40.7. The number of H-pyrrole nitrogens is 1. The molecule has 3 aliphatic heterocycles. The number of nitro groups is 1. The summed E-state index contributed by atoms with van der Waals surface area (Å²) in [4.78, 5) is 37.4. The molecule has 3 aromatic carbocycles. The maximum absolute atomic E-state index is 14.9. The van der Waals surface area contributed by atoms with E-state index in [2.05, 4.69) is 67.9 Å². The summed E-state index contributed by atoms with van der Waals surface area (Å²) in [5.41, 5.74) is 2.40. The molecule has 1 amide bonds. The summed E-state index contributed by atoms with van der Waals surface area (Å²) in [6.07, 6.45) is 7.77. The van der Waals surface area contributed by atoms with Gasteiger partial charge in [0.05, 0.1) is 58.8 Å². The van der Waals surface area contributed by atoms with E-state index in [-0.39, 0.29) is 75.4 Å². The fourth-order valence-electron chi connectivity index (χ4n) is 11.5. The van der Waals surface area contributed by atoms with E-state index in [0.717, 1.165) is 75.9 Å². The molecule has 2 aliphatic carbocycles. The normalized spacial score (nSPS) is 23.8. The van der Waals surface area contributed by atoms with Crippen LogP contribution in [0.15, 0.2) is 71.8 Å². The number of rotatable bonds is 12. The second-order valence-corrected chi connectivity index (χ2v) is 22.1. The van der Waals surface area contributed by atoms with Crippen LogP contribution >= 0.6 is 0 Å². The smallest absolute Gasteiger partial charge is 0.297 e. The number of nitrogens with zero attached hydrogens (tertiary/aromatic N) is 4. The largest absolute Gasteiger partial charge is 0.489 e. The quantitative estimate of drug-likeness (QED) is 0.0682.